The van der Waals surface area contributed by atoms with E-state index in [1.807, 2.05) is 6.92 Å². The summed E-state index contributed by atoms with van der Waals surface area (Å²) >= 11 is 0. The van der Waals surface area contributed by atoms with E-state index < -0.39 is 23.3 Å². The molecule has 0 aromatic heterocycles. The second-order valence-corrected chi connectivity index (χ2v) is 9.73. The molecule has 190 valence electrons. The Bertz CT molecular complexity index is 1210. The van der Waals surface area contributed by atoms with Crippen LogP contribution in [0.2, 0.25) is 0 Å². The van der Waals surface area contributed by atoms with Gasteiger partial charge in [-0.2, -0.15) is 4.39 Å². The summed E-state index contributed by atoms with van der Waals surface area (Å²) in [6.07, 6.45) is 8.71. The smallest absolute Gasteiger partial charge is 0.201 e. The number of hydrogen-bond donors (Lipinski definition) is 0. The minimum absolute atomic E-state index is 0.0727. The molecule has 3 aromatic rings. The van der Waals surface area contributed by atoms with Crippen LogP contribution in [0.4, 0.5) is 17.6 Å². The maximum Gasteiger partial charge on any atom is 0.201 e. The number of halogens is 4. The number of rotatable bonds is 8. The van der Waals surface area contributed by atoms with Crippen LogP contribution in [0.15, 0.2) is 48.5 Å². The summed E-state index contributed by atoms with van der Waals surface area (Å²) in [7, 11) is 0. The lowest BCUT2D eigenvalue weighted by molar-refractivity contribution is 0.289. The summed E-state index contributed by atoms with van der Waals surface area (Å²) < 4.78 is 64.0. The van der Waals surface area contributed by atoms with Crippen molar-refractivity contribution in [3.8, 4) is 16.9 Å². The van der Waals surface area contributed by atoms with E-state index in [0.29, 0.717) is 23.7 Å². The monoisotopic (exact) mass is 496 g/mol. The average molecular weight is 497 g/mol. The maximum absolute atomic E-state index is 14.8. The maximum atomic E-state index is 14.8. The van der Waals surface area contributed by atoms with E-state index in [2.05, 4.69) is 6.92 Å². The first kappa shape index (κ1) is 26.0. The highest BCUT2D eigenvalue weighted by Gasteiger charge is 2.24. The Hall–Kier alpha value is -3.08. The van der Waals surface area contributed by atoms with Crippen molar-refractivity contribution in [3.63, 3.8) is 0 Å². The van der Waals surface area contributed by atoms with Crippen LogP contribution >= 0.6 is 0 Å². The van der Waals surface area contributed by atoms with Crippen molar-refractivity contribution in [2.24, 2.45) is 5.92 Å². The molecule has 0 atom stereocenters. The molecule has 0 unspecified atom stereocenters. The molecule has 0 amide bonds. The highest BCUT2D eigenvalue weighted by molar-refractivity contribution is 5.73. The molecule has 0 radical (unpaired) electrons. The zero-order chi connectivity index (χ0) is 25.7. The molecule has 1 saturated carbocycles. The third-order valence-electron chi connectivity index (χ3n) is 7.08. The molecule has 5 heteroatoms. The van der Waals surface area contributed by atoms with Crippen LogP contribution < -0.4 is 4.74 Å². The summed E-state index contributed by atoms with van der Waals surface area (Å²) in [6.45, 7) is 4.52. The lowest BCUT2D eigenvalue weighted by Gasteiger charge is -2.27. The molecule has 0 saturated heterocycles. The van der Waals surface area contributed by atoms with Gasteiger partial charge in [-0.25, -0.2) is 13.2 Å². The topological polar surface area (TPSA) is 9.23 Å². The highest BCUT2D eigenvalue weighted by atomic mass is 19.2. The molecule has 1 aliphatic rings. The number of unbranched alkanes of at least 4 members (excludes halogenated alkanes) is 1. The minimum Gasteiger partial charge on any atom is -0.490 e. The van der Waals surface area contributed by atoms with Crippen molar-refractivity contribution >= 4 is 12.2 Å². The van der Waals surface area contributed by atoms with Crippen LogP contribution in [-0.2, 0) is 0 Å². The van der Waals surface area contributed by atoms with Crippen LogP contribution in [-0.4, -0.2) is 6.61 Å². The zero-order valence-electron chi connectivity index (χ0n) is 20.8. The molecule has 1 aliphatic carbocycles. The average Bonchev–Trinajstić information content (AvgIpc) is 2.89. The highest BCUT2D eigenvalue weighted by Crippen LogP contribution is 2.37. The molecule has 1 nitrogen and oxygen atoms in total. The van der Waals surface area contributed by atoms with Crippen LogP contribution in [0, 0.1) is 29.2 Å². The molecule has 3 aromatic carbocycles. The fourth-order valence-electron chi connectivity index (χ4n) is 4.75. The largest absolute Gasteiger partial charge is 0.490 e. The van der Waals surface area contributed by atoms with Gasteiger partial charge in [-0.1, -0.05) is 81.7 Å². The summed E-state index contributed by atoms with van der Waals surface area (Å²) in [6, 6.07) is 13.0. The van der Waals surface area contributed by atoms with Crippen LogP contribution in [0.5, 0.6) is 5.75 Å². The van der Waals surface area contributed by atoms with E-state index in [1.165, 1.54) is 18.2 Å². The van der Waals surface area contributed by atoms with Gasteiger partial charge in [0.2, 0.25) is 5.82 Å². The quantitative estimate of drug-likeness (QED) is 0.171. The second-order valence-electron chi connectivity index (χ2n) is 9.73. The molecular weight excluding hydrogens is 464 g/mol. The van der Waals surface area contributed by atoms with Crippen molar-refractivity contribution in [3.05, 3.63) is 88.5 Å². The number of hydrogen-bond acceptors (Lipinski definition) is 1. The van der Waals surface area contributed by atoms with Crippen molar-refractivity contribution in [1.82, 2.24) is 0 Å². The van der Waals surface area contributed by atoms with Gasteiger partial charge in [-0.05, 0) is 59.9 Å². The molecule has 1 fully saturated rings. The number of benzene rings is 3. The number of ether oxygens (including phenoxy) is 1. The van der Waals surface area contributed by atoms with E-state index in [0.717, 1.165) is 44.1 Å². The van der Waals surface area contributed by atoms with Gasteiger partial charge in [0.15, 0.2) is 23.2 Å². The first-order valence-corrected chi connectivity index (χ1v) is 12.8. The molecule has 4 rings (SSSR count). The van der Waals surface area contributed by atoms with Crippen molar-refractivity contribution in [2.45, 2.75) is 58.3 Å². The molecular formula is C31H32F4O. The SMILES string of the molecule is CCCCOc1ccc(-c2ccc(/C=C/c3ccc(C4CCC(C)CC4)c(F)c3F)cc2)c(F)c1F. The summed E-state index contributed by atoms with van der Waals surface area (Å²) in [5, 5.41) is 0. The Morgan fingerprint density at radius 3 is 2.19 bits per heavy atom. The van der Waals surface area contributed by atoms with E-state index >= 15 is 0 Å². The van der Waals surface area contributed by atoms with Crippen molar-refractivity contribution < 1.29 is 22.3 Å². The molecule has 0 bridgehead atoms. The van der Waals surface area contributed by atoms with Gasteiger partial charge in [-0.15, -0.1) is 0 Å². The lowest BCUT2D eigenvalue weighted by atomic mass is 9.79. The Morgan fingerprint density at radius 2 is 1.50 bits per heavy atom. The minimum atomic E-state index is -1.00. The van der Waals surface area contributed by atoms with E-state index in [4.69, 9.17) is 4.74 Å². The van der Waals surface area contributed by atoms with E-state index in [1.54, 1.807) is 42.5 Å². The van der Waals surface area contributed by atoms with Gasteiger partial charge >= 0.3 is 0 Å². The molecule has 0 aliphatic heterocycles. The van der Waals surface area contributed by atoms with Gasteiger partial charge in [0.05, 0.1) is 6.61 Å². The third kappa shape index (κ3) is 5.83. The standard InChI is InChI=1S/C31H32F4O/c1-3-4-19-36-27-18-17-26(30(34)31(27)35)23-12-7-21(8-13-23)9-14-24-15-16-25(29(33)28(24)32)22-10-5-20(2)6-11-22/h7-9,12-18,20,22H,3-6,10-11,19H2,1-2H3/b14-9+. The molecule has 0 N–H and O–H groups in total. The Balaban J connectivity index is 1.47. The molecule has 36 heavy (non-hydrogen) atoms. The van der Waals surface area contributed by atoms with Crippen LogP contribution in [0.25, 0.3) is 23.3 Å². The van der Waals surface area contributed by atoms with Gasteiger partial charge in [-0.3, -0.25) is 0 Å². The summed E-state index contributed by atoms with van der Waals surface area (Å²) in [5.41, 5.74) is 2.01. The Morgan fingerprint density at radius 1 is 0.778 bits per heavy atom. The van der Waals surface area contributed by atoms with Gasteiger partial charge < -0.3 is 4.74 Å². The van der Waals surface area contributed by atoms with Crippen molar-refractivity contribution in [1.29, 1.82) is 0 Å². The normalized spacial score (nSPS) is 18.1. The summed E-state index contributed by atoms with van der Waals surface area (Å²) in [4.78, 5) is 0. The first-order chi connectivity index (χ1) is 17.4. The van der Waals surface area contributed by atoms with Gasteiger partial charge in [0, 0.05) is 11.1 Å². The predicted molar refractivity (Wildman–Crippen MR) is 138 cm³/mol. The third-order valence-corrected chi connectivity index (χ3v) is 7.08. The van der Waals surface area contributed by atoms with Crippen LogP contribution in [0.3, 0.4) is 0 Å². The van der Waals surface area contributed by atoms with Crippen molar-refractivity contribution in [2.75, 3.05) is 6.61 Å². The fourth-order valence-corrected chi connectivity index (χ4v) is 4.75. The summed E-state index contributed by atoms with van der Waals surface area (Å²) in [5.74, 6) is -2.94. The molecule has 0 heterocycles. The Kier molecular flexibility index (Phi) is 8.50. The Labute approximate surface area is 210 Å². The fraction of sp³-hybridized carbons (Fsp3) is 0.355. The van der Waals surface area contributed by atoms with E-state index in [-0.39, 0.29) is 22.8 Å². The van der Waals surface area contributed by atoms with Crippen LogP contribution in [0.1, 0.15) is 75.0 Å². The zero-order valence-corrected chi connectivity index (χ0v) is 20.8. The molecule has 0 spiro atoms. The van der Waals surface area contributed by atoms with Gasteiger partial charge in [0.1, 0.15) is 0 Å². The lowest BCUT2D eigenvalue weighted by Crippen LogP contribution is -2.13. The predicted octanol–water partition coefficient (Wildman–Crippen LogP) is 9.55. The first-order valence-electron chi connectivity index (χ1n) is 12.8. The second kappa shape index (κ2) is 11.8. The van der Waals surface area contributed by atoms with E-state index in [9.17, 15) is 17.6 Å². The van der Waals surface area contributed by atoms with Gasteiger partial charge in [0.25, 0.3) is 0 Å².